The number of amides is 1. The largest absolute Gasteiger partial charge is 0.492 e. The molecule has 4 aromatic carbocycles. The van der Waals surface area contributed by atoms with Crippen molar-refractivity contribution in [1.82, 2.24) is 5.32 Å². The van der Waals surface area contributed by atoms with Gasteiger partial charge in [0.1, 0.15) is 5.75 Å². The summed E-state index contributed by atoms with van der Waals surface area (Å²) in [4.78, 5) is 13.2. The number of hydrogen-bond acceptors (Lipinski definition) is 5. The zero-order valence-electron chi connectivity index (χ0n) is 21.3. The smallest absolute Gasteiger partial charge is 0.264 e. The van der Waals surface area contributed by atoms with Crippen LogP contribution in [0.15, 0.2) is 106 Å². The summed E-state index contributed by atoms with van der Waals surface area (Å²) in [6.07, 6.45) is 1.38. The van der Waals surface area contributed by atoms with Crippen molar-refractivity contribution in [3.8, 4) is 5.75 Å². The molecule has 1 amide bonds. The number of rotatable bonds is 8. The van der Waals surface area contributed by atoms with Crippen molar-refractivity contribution in [2.45, 2.75) is 17.7 Å². The van der Waals surface area contributed by atoms with E-state index in [0.717, 1.165) is 15.6 Å². The molecule has 0 saturated carbocycles. The number of fused-ring (bicyclic) bond motifs is 1. The molecular weight excluding hydrogens is 610 g/mol. The minimum atomic E-state index is -3.70. The Balaban J connectivity index is 1.21. The summed E-state index contributed by atoms with van der Waals surface area (Å²) in [6.45, 7) is 0.818. The monoisotopic (exact) mass is 635 g/mol. The molecule has 0 radical (unpaired) electrons. The lowest BCUT2D eigenvalue weighted by Crippen LogP contribution is -2.34. The van der Waals surface area contributed by atoms with E-state index in [1.807, 2.05) is 60.7 Å². The summed E-state index contributed by atoms with van der Waals surface area (Å²) < 4.78 is 34.6. The van der Waals surface area contributed by atoms with Gasteiger partial charge in [-0.15, -0.1) is 0 Å². The van der Waals surface area contributed by atoms with Crippen molar-refractivity contribution in [3.63, 3.8) is 0 Å². The Morgan fingerprint density at radius 3 is 2.45 bits per heavy atom. The Morgan fingerprint density at radius 1 is 0.950 bits per heavy atom. The highest BCUT2D eigenvalue weighted by Gasteiger charge is 2.30. The first-order chi connectivity index (χ1) is 19.3. The Hall–Kier alpha value is -3.73. The number of sulfonamides is 1. The van der Waals surface area contributed by atoms with Crippen LogP contribution in [0.3, 0.4) is 0 Å². The summed E-state index contributed by atoms with van der Waals surface area (Å²) in [7, 11) is -3.70. The van der Waals surface area contributed by atoms with Gasteiger partial charge in [0.15, 0.2) is 5.11 Å². The van der Waals surface area contributed by atoms with Crippen LogP contribution in [0.25, 0.3) is 0 Å². The van der Waals surface area contributed by atoms with Gasteiger partial charge in [-0.2, -0.15) is 0 Å². The van der Waals surface area contributed by atoms with Gasteiger partial charge < -0.3 is 10.1 Å². The minimum Gasteiger partial charge on any atom is -0.492 e. The van der Waals surface area contributed by atoms with E-state index >= 15 is 0 Å². The van der Waals surface area contributed by atoms with Gasteiger partial charge in [-0.25, -0.2) is 8.42 Å². The lowest BCUT2D eigenvalue weighted by atomic mass is 10.1. The van der Waals surface area contributed by atoms with Gasteiger partial charge >= 0.3 is 0 Å². The minimum absolute atomic E-state index is 0.0734. The molecule has 0 spiro atoms. The predicted molar refractivity (Wildman–Crippen MR) is 165 cm³/mol. The van der Waals surface area contributed by atoms with E-state index in [1.54, 1.807) is 24.3 Å². The lowest BCUT2D eigenvalue weighted by Gasteiger charge is -2.20. The molecule has 204 valence electrons. The van der Waals surface area contributed by atoms with E-state index in [1.165, 1.54) is 16.4 Å². The number of ether oxygens (including phenoxy) is 1. The number of hydrogen-bond donors (Lipinski definition) is 2. The number of nitrogens with zero attached hydrogens (tertiary/aromatic N) is 1. The molecule has 7 nitrogen and oxygen atoms in total. The van der Waals surface area contributed by atoms with Gasteiger partial charge in [0.25, 0.3) is 15.9 Å². The molecule has 1 heterocycles. The maximum Gasteiger partial charge on any atom is 0.264 e. The third-order valence-electron chi connectivity index (χ3n) is 6.45. The fraction of sp³-hybridized carbons (Fsp3) is 0.133. The number of anilines is 2. The van der Waals surface area contributed by atoms with Gasteiger partial charge in [-0.05, 0) is 78.3 Å². The zero-order chi connectivity index (χ0) is 28.1. The fourth-order valence-electron chi connectivity index (χ4n) is 4.46. The van der Waals surface area contributed by atoms with Crippen LogP contribution in [0, 0.1) is 0 Å². The van der Waals surface area contributed by atoms with E-state index in [9.17, 15) is 13.2 Å². The van der Waals surface area contributed by atoms with Crippen molar-refractivity contribution in [2.75, 3.05) is 22.8 Å². The molecule has 0 bridgehead atoms. The van der Waals surface area contributed by atoms with E-state index < -0.39 is 15.9 Å². The molecule has 4 aromatic rings. The van der Waals surface area contributed by atoms with Crippen molar-refractivity contribution in [2.24, 2.45) is 0 Å². The molecular formula is C30H26BrN3O4S2. The number of para-hydroxylation sites is 1. The molecule has 5 rings (SSSR count). The second-order valence-electron chi connectivity index (χ2n) is 9.11. The highest BCUT2D eigenvalue weighted by atomic mass is 79.9. The Labute approximate surface area is 247 Å². The van der Waals surface area contributed by atoms with E-state index in [0.29, 0.717) is 48.7 Å². The van der Waals surface area contributed by atoms with E-state index in [2.05, 4.69) is 26.6 Å². The second-order valence-corrected chi connectivity index (χ2v) is 12.3. The molecule has 0 atom stereocenters. The molecule has 2 N–H and O–H groups in total. The SMILES string of the molecule is O=C(NC(=S)Nc1ccc(S(=O)(=O)N2CCc3ccccc32)cc1)c1cc(Br)ccc1OCCc1ccccc1. The Morgan fingerprint density at radius 2 is 1.68 bits per heavy atom. The van der Waals surface area contributed by atoms with Gasteiger partial charge in [0, 0.05) is 23.1 Å². The second kappa shape index (κ2) is 12.2. The van der Waals surface area contributed by atoms with Gasteiger partial charge in [0.05, 0.1) is 22.8 Å². The van der Waals surface area contributed by atoms with Crippen LogP contribution in [-0.4, -0.2) is 32.6 Å². The van der Waals surface area contributed by atoms with Gasteiger partial charge in [-0.1, -0.05) is 64.5 Å². The normalized spacial score (nSPS) is 12.5. The maximum absolute atomic E-state index is 13.3. The van der Waals surface area contributed by atoms with Crippen LogP contribution < -0.4 is 19.7 Å². The first kappa shape index (κ1) is 27.8. The van der Waals surface area contributed by atoms with Crippen molar-refractivity contribution in [3.05, 3.63) is 118 Å². The fourth-order valence-corrected chi connectivity index (χ4v) is 6.53. The maximum atomic E-state index is 13.3. The Bertz CT molecular complexity index is 1650. The summed E-state index contributed by atoms with van der Waals surface area (Å²) in [5.74, 6) is 0.0119. The molecule has 1 aliphatic rings. The summed E-state index contributed by atoms with van der Waals surface area (Å²) >= 11 is 8.76. The average Bonchev–Trinajstić information content (AvgIpc) is 3.40. The number of nitrogens with one attached hydrogen (secondary N) is 2. The van der Waals surface area contributed by atoms with Crippen molar-refractivity contribution >= 4 is 60.6 Å². The van der Waals surface area contributed by atoms with Crippen LogP contribution in [0.4, 0.5) is 11.4 Å². The first-order valence-electron chi connectivity index (χ1n) is 12.6. The highest BCUT2D eigenvalue weighted by molar-refractivity contribution is 9.10. The third kappa shape index (κ3) is 6.35. The summed E-state index contributed by atoms with van der Waals surface area (Å²) in [6, 6.07) is 29.0. The lowest BCUT2D eigenvalue weighted by molar-refractivity contribution is 0.0973. The molecule has 1 aliphatic heterocycles. The molecule has 0 fully saturated rings. The number of benzene rings is 4. The van der Waals surface area contributed by atoms with Crippen LogP contribution in [0.1, 0.15) is 21.5 Å². The van der Waals surface area contributed by atoms with E-state index in [4.69, 9.17) is 17.0 Å². The summed E-state index contributed by atoms with van der Waals surface area (Å²) in [5, 5.41) is 5.69. The standard InChI is InChI=1S/C30H26BrN3O4S2/c31-23-10-15-28(38-19-17-21-6-2-1-3-7-21)26(20-23)29(35)33-30(39)32-24-11-13-25(14-12-24)40(36,37)34-18-16-22-8-4-5-9-27(22)34/h1-15,20H,16-19H2,(H2,32,33,35,39). The van der Waals surface area contributed by atoms with E-state index in [-0.39, 0.29) is 10.0 Å². The highest BCUT2D eigenvalue weighted by Crippen LogP contribution is 2.33. The van der Waals surface area contributed by atoms with Crippen LogP contribution in [0.5, 0.6) is 5.75 Å². The van der Waals surface area contributed by atoms with Crippen LogP contribution in [0.2, 0.25) is 0 Å². The molecule has 10 heteroatoms. The topological polar surface area (TPSA) is 87.7 Å². The number of thiocarbonyl (C=S) groups is 1. The first-order valence-corrected chi connectivity index (χ1v) is 15.2. The predicted octanol–water partition coefficient (Wildman–Crippen LogP) is 5.95. The third-order valence-corrected chi connectivity index (χ3v) is 8.97. The molecule has 0 aromatic heterocycles. The number of carbonyl (C=O) groups excluding carboxylic acids is 1. The summed E-state index contributed by atoms with van der Waals surface area (Å²) in [5.41, 5.74) is 3.74. The van der Waals surface area contributed by atoms with Gasteiger partial charge in [0.2, 0.25) is 0 Å². The molecule has 0 unspecified atom stereocenters. The van der Waals surface area contributed by atoms with Crippen LogP contribution in [-0.2, 0) is 22.9 Å². The number of carbonyl (C=O) groups is 1. The quantitative estimate of drug-likeness (QED) is 0.233. The van der Waals surface area contributed by atoms with Crippen molar-refractivity contribution < 1.29 is 17.9 Å². The van der Waals surface area contributed by atoms with Gasteiger partial charge in [-0.3, -0.25) is 14.4 Å². The Kier molecular flexibility index (Phi) is 8.49. The zero-order valence-corrected chi connectivity index (χ0v) is 24.6. The molecule has 40 heavy (non-hydrogen) atoms. The van der Waals surface area contributed by atoms with Crippen LogP contribution >= 0.6 is 28.1 Å². The number of halogens is 1. The molecule has 0 saturated heterocycles. The molecule has 0 aliphatic carbocycles. The average molecular weight is 637 g/mol. The van der Waals surface area contributed by atoms with Crippen molar-refractivity contribution in [1.29, 1.82) is 0 Å².